The minimum Gasteiger partial charge on any atom is -0.392 e. The summed E-state index contributed by atoms with van der Waals surface area (Å²) in [4.78, 5) is 3.03. The Morgan fingerprint density at radius 3 is 3.00 bits per heavy atom. The molecule has 1 heterocycles. The Morgan fingerprint density at radius 1 is 1.42 bits per heavy atom. The Morgan fingerprint density at radius 2 is 2.25 bits per heavy atom. The number of hydrogen-bond donors (Lipinski definition) is 2. The SMILES string of the molecule is OCc1ccc2[nH]cc(Cl)c2c1. The third-order valence-electron chi connectivity index (χ3n) is 1.88. The summed E-state index contributed by atoms with van der Waals surface area (Å²) < 4.78 is 0. The Labute approximate surface area is 74.8 Å². The van der Waals surface area contributed by atoms with Gasteiger partial charge >= 0.3 is 0 Å². The zero-order valence-electron chi connectivity index (χ0n) is 6.34. The fourth-order valence-corrected chi connectivity index (χ4v) is 1.44. The molecule has 0 radical (unpaired) electrons. The number of benzene rings is 1. The minimum absolute atomic E-state index is 0.0530. The number of aromatic amines is 1. The first-order chi connectivity index (χ1) is 5.81. The number of halogens is 1. The van der Waals surface area contributed by atoms with E-state index in [2.05, 4.69) is 4.98 Å². The van der Waals surface area contributed by atoms with Gasteiger partial charge in [-0.15, -0.1) is 0 Å². The molecular formula is C9H8ClNO. The van der Waals surface area contributed by atoms with Crippen LogP contribution in [0.2, 0.25) is 5.02 Å². The van der Waals surface area contributed by atoms with Crippen LogP contribution in [0.25, 0.3) is 10.9 Å². The third kappa shape index (κ3) is 1.09. The molecule has 0 aliphatic rings. The lowest BCUT2D eigenvalue weighted by molar-refractivity contribution is 0.282. The largest absolute Gasteiger partial charge is 0.392 e. The van der Waals surface area contributed by atoms with Crippen molar-refractivity contribution in [2.75, 3.05) is 0 Å². The molecule has 2 N–H and O–H groups in total. The molecule has 0 spiro atoms. The molecule has 2 nitrogen and oxygen atoms in total. The van der Waals surface area contributed by atoms with Gasteiger partial charge in [-0.25, -0.2) is 0 Å². The fraction of sp³-hybridized carbons (Fsp3) is 0.111. The normalized spacial score (nSPS) is 10.8. The van der Waals surface area contributed by atoms with Crippen LogP contribution in [0.15, 0.2) is 24.4 Å². The molecule has 62 valence electrons. The lowest BCUT2D eigenvalue weighted by Crippen LogP contribution is -1.80. The van der Waals surface area contributed by atoms with Gasteiger partial charge in [0.25, 0.3) is 0 Å². The van der Waals surface area contributed by atoms with Crippen molar-refractivity contribution in [3.05, 3.63) is 35.0 Å². The van der Waals surface area contributed by atoms with E-state index in [0.29, 0.717) is 5.02 Å². The second kappa shape index (κ2) is 2.81. The minimum atomic E-state index is 0.0530. The maximum atomic E-state index is 8.87. The maximum Gasteiger partial charge on any atom is 0.0682 e. The number of aliphatic hydroxyl groups excluding tert-OH is 1. The molecule has 0 fully saturated rings. The summed E-state index contributed by atoms with van der Waals surface area (Å²) in [5, 5.41) is 10.5. The van der Waals surface area contributed by atoms with Crippen molar-refractivity contribution in [2.45, 2.75) is 6.61 Å². The van der Waals surface area contributed by atoms with Gasteiger partial charge in [-0.2, -0.15) is 0 Å². The molecule has 0 atom stereocenters. The fourth-order valence-electron chi connectivity index (χ4n) is 1.23. The van der Waals surface area contributed by atoms with Crippen molar-refractivity contribution in [3.8, 4) is 0 Å². The molecule has 0 amide bonds. The summed E-state index contributed by atoms with van der Waals surface area (Å²) in [6.45, 7) is 0.0530. The van der Waals surface area contributed by atoms with Crippen LogP contribution in [0.5, 0.6) is 0 Å². The van der Waals surface area contributed by atoms with E-state index in [1.54, 1.807) is 6.20 Å². The smallest absolute Gasteiger partial charge is 0.0682 e. The summed E-state index contributed by atoms with van der Waals surface area (Å²) in [5.74, 6) is 0. The first-order valence-corrected chi connectivity index (χ1v) is 4.05. The lowest BCUT2D eigenvalue weighted by atomic mass is 10.2. The van der Waals surface area contributed by atoms with Crippen molar-refractivity contribution >= 4 is 22.5 Å². The highest BCUT2D eigenvalue weighted by Crippen LogP contribution is 2.23. The first-order valence-electron chi connectivity index (χ1n) is 3.67. The quantitative estimate of drug-likeness (QED) is 0.696. The molecule has 0 bridgehead atoms. The number of nitrogens with one attached hydrogen (secondary N) is 1. The van der Waals surface area contributed by atoms with Crippen molar-refractivity contribution < 1.29 is 5.11 Å². The Kier molecular flexibility index (Phi) is 1.79. The van der Waals surface area contributed by atoms with Gasteiger partial charge in [-0.3, -0.25) is 0 Å². The third-order valence-corrected chi connectivity index (χ3v) is 2.19. The van der Waals surface area contributed by atoms with Gasteiger partial charge in [-0.1, -0.05) is 17.7 Å². The van der Waals surface area contributed by atoms with Crippen LogP contribution in [0.4, 0.5) is 0 Å². The maximum absolute atomic E-state index is 8.87. The topological polar surface area (TPSA) is 36.0 Å². The summed E-state index contributed by atoms with van der Waals surface area (Å²) in [6.07, 6.45) is 1.74. The zero-order valence-corrected chi connectivity index (χ0v) is 7.10. The molecule has 2 aromatic rings. The van der Waals surface area contributed by atoms with Crippen LogP contribution >= 0.6 is 11.6 Å². The average Bonchev–Trinajstić information content (AvgIpc) is 2.47. The highest BCUT2D eigenvalue weighted by Gasteiger charge is 2.00. The Balaban J connectivity index is 2.71. The Hall–Kier alpha value is -0.990. The molecule has 0 unspecified atom stereocenters. The van der Waals surface area contributed by atoms with Crippen molar-refractivity contribution in [1.29, 1.82) is 0 Å². The highest BCUT2D eigenvalue weighted by molar-refractivity contribution is 6.35. The van der Waals surface area contributed by atoms with Crippen LogP contribution in [0, 0.1) is 0 Å². The van der Waals surface area contributed by atoms with Crippen LogP contribution in [0.3, 0.4) is 0 Å². The van der Waals surface area contributed by atoms with E-state index in [4.69, 9.17) is 16.7 Å². The molecule has 1 aromatic carbocycles. The van der Waals surface area contributed by atoms with Crippen molar-refractivity contribution in [2.24, 2.45) is 0 Å². The van der Waals surface area contributed by atoms with Gasteiger partial charge in [0, 0.05) is 17.1 Å². The van der Waals surface area contributed by atoms with Crippen LogP contribution < -0.4 is 0 Å². The van der Waals surface area contributed by atoms with Gasteiger partial charge in [0.15, 0.2) is 0 Å². The Bertz CT molecular complexity index is 408. The van der Waals surface area contributed by atoms with Crippen LogP contribution in [-0.4, -0.2) is 10.1 Å². The number of H-pyrrole nitrogens is 1. The lowest BCUT2D eigenvalue weighted by Gasteiger charge is -1.95. The molecule has 3 heteroatoms. The molecule has 0 aliphatic heterocycles. The second-order valence-electron chi connectivity index (χ2n) is 2.67. The standard InChI is InChI=1S/C9H8ClNO/c10-8-4-11-9-2-1-6(5-12)3-7(8)9/h1-4,11-12H,5H2. The van der Waals surface area contributed by atoms with Crippen LogP contribution in [0.1, 0.15) is 5.56 Å². The van der Waals surface area contributed by atoms with Crippen molar-refractivity contribution in [1.82, 2.24) is 4.98 Å². The summed E-state index contributed by atoms with van der Waals surface area (Å²) >= 11 is 5.89. The molecule has 12 heavy (non-hydrogen) atoms. The highest BCUT2D eigenvalue weighted by atomic mass is 35.5. The van der Waals surface area contributed by atoms with Gasteiger partial charge < -0.3 is 10.1 Å². The van der Waals surface area contributed by atoms with Crippen molar-refractivity contribution in [3.63, 3.8) is 0 Å². The van der Waals surface area contributed by atoms with E-state index in [9.17, 15) is 0 Å². The number of rotatable bonds is 1. The summed E-state index contributed by atoms with van der Waals surface area (Å²) in [7, 11) is 0. The average molecular weight is 182 g/mol. The van der Waals surface area contributed by atoms with Gasteiger partial charge in [0.1, 0.15) is 0 Å². The number of aromatic nitrogens is 1. The number of hydrogen-bond acceptors (Lipinski definition) is 1. The van der Waals surface area contributed by atoms with E-state index in [-0.39, 0.29) is 6.61 Å². The number of fused-ring (bicyclic) bond motifs is 1. The summed E-state index contributed by atoms with van der Waals surface area (Å²) in [5.41, 5.74) is 1.88. The van der Waals surface area contributed by atoms with E-state index in [1.165, 1.54) is 0 Å². The molecule has 2 rings (SSSR count). The predicted octanol–water partition coefficient (Wildman–Crippen LogP) is 2.31. The van der Waals surface area contributed by atoms with Gasteiger partial charge in [-0.05, 0) is 17.7 Å². The summed E-state index contributed by atoms with van der Waals surface area (Å²) in [6, 6.07) is 5.66. The monoisotopic (exact) mass is 181 g/mol. The van der Waals surface area contributed by atoms with Gasteiger partial charge in [0.2, 0.25) is 0 Å². The van der Waals surface area contributed by atoms with E-state index >= 15 is 0 Å². The van der Waals surface area contributed by atoms with Gasteiger partial charge in [0.05, 0.1) is 11.6 Å². The van der Waals surface area contributed by atoms with E-state index in [0.717, 1.165) is 16.5 Å². The zero-order chi connectivity index (χ0) is 8.55. The number of aliphatic hydroxyl groups is 1. The molecule has 1 aromatic heterocycles. The molecule has 0 saturated carbocycles. The van der Waals surface area contributed by atoms with E-state index in [1.807, 2.05) is 18.2 Å². The molecular weight excluding hydrogens is 174 g/mol. The molecule has 0 saturated heterocycles. The predicted molar refractivity (Wildman–Crippen MR) is 49.2 cm³/mol. The molecule has 0 aliphatic carbocycles. The van der Waals surface area contributed by atoms with E-state index < -0.39 is 0 Å². The van der Waals surface area contributed by atoms with Crippen LogP contribution in [-0.2, 0) is 6.61 Å². The first kappa shape index (κ1) is 7.65. The second-order valence-corrected chi connectivity index (χ2v) is 3.08.